The number of nitrogens with zero attached hydrogens (tertiary/aromatic N) is 5. The molecular weight excluding hydrogens is 284 g/mol. The number of hydrogen-bond donors (Lipinski definition) is 1. The number of guanidine groups is 1. The van der Waals surface area contributed by atoms with E-state index in [9.17, 15) is 0 Å². The van der Waals surface area contributed by atoms with Crippen LogP contribution in [0.3, 0.4) is 0 Å². The number of aliphatic imine (C=N–C) groups is 1. The van der Waals surface area contributed by atoms with Crippen LogP contribution in [0.2, 0.25) is 0 Å². The number of hydrogen-bond acceptors (Lipinski definition) is 5. The summed E-state index contributed by atoms with van der Waals surface area (Å²) in [6.07, 6.45) is 3.55. The molecule has 0 aliphatic carbocycles. The van der Waals surface area contributed by atoms with Gasteiger partial charge >= 0.3 is 0 Å². The molecule has 1 aromatic rings. The molecule has 0 unspecified atom stereocenters. The van der Waals surface area contributed by atoms with Crippen molar-refractivity contribution < 1.29 is 0 Å². The van der Waals surface area contributed by atoms with E-state index in [4.69, 9.17) is 5.73 Å². The summed E-state index contributed by atoms with van der Waals surface area (Å²) in [6, 6.07) is 1.83. The molecule has 1 aromatic heterocycles. The SMILES string of the molecule is CC(C)SCCN=C(N)N1CCN(c2ncccn2)CC1. The molecule has 2 rings (SSSR count). The van der Waals surface area contributed by atoms with Crippen LogP contribution >= 0.6 is 11.8 Å². The summed E-state index contributed by atoms with van der Waals surface area (Å²) < 4.78 is 0. The Hall–Kier alpha value is -1.50. The Bertz CT molecular complexity index is 442. The molecule has 1 saturated heterocycles. The third-order valence-corrected chi connectivity index (χ3v) is 4.34. The van der Waals surface area contributed by atoms with Crippen molar-refractivity contribution in [3.63, 3.8) is 0 Å². The summed E-state index contributed by atoms with van der Waals surface area (Å²) in [6.45, 7) is 8.67. The average Bonchev–Trinajstić information content (AvgIpc) is 2.52. The van der Waals surface area contributed by atoms with Crippen molar-refractivity contribution in [3.8, 4) is 0 Å². The van der Waals surface area contributed by atoms with Gasteiger partial charge in [0, 0.05) is 44.3 Å². The Labute approximate surface area is 130 Å². The molecule has 0 aromatic carbocycles. The van der Waals surface area contributed by atoms with Gasteiger partial charge in [0.2, 0.25) is 5.95 Å². The van der Waals surface area contributed by atoms with Crippen molar-refractivity contribution in [3.05, 3.63) is 18.5 Å². The van der Waals surface area contributed by atoms with Gasteiger partial charge in [-0.25, -0.2) is 9.97 Å². The minimum absolute atomic E-state index is 0.649. The molecule has 7 heteroatoms. The first kappa shape index (κ1) is 15.9. The van der Waals surface area contributed by atoms with E-state index in [1.165, 1.54) is 0 Å². The molecular formula is C14H24N6S. The van der Waals surface area contributed by atoms with Crippen molar-refractivity contribution >= 4 is 23.7 Å². The Balaban J connectivity index is 1.76. The quantitative estimate of drug-likeness (QED) is 0.498. The number of anilines is 1. The second-order valence-electron chi connectivity index (χ2n) is 5.18. The Morgan fingerprint density at radius 3 is 2.57 bits per heavy atom. The first-order valence-corrected chi connectivity index (χ1v) is 8.40. The van der Waals surface area contributed by atoms with Gasteiger partial charge in [-0.1, -0.05) is 13.8 Å². The summed E-state index contributed by atoms with van der Waals surface area (Å²) in [5.74, 6) is 2.48. The summed E-state index contributed by atoms with van der Waals surface area (Å²) in [7, 11) is 0. The van der Waals surface area contributed by atoms with Crippen LogP contribution in [0.5, 0.6) is 0 Å². The molecule has 0 saturated carbocycles. The molecule has 0 spiro atoms. The average molecular weight is 308 g/mol. The first-order chi connectivity index (χ1) is 10.2. The second kappa shape index (κ2) is 8.07. The van der Waals surface area contributed by atoms with Gasteiger partial charge in [0.1, 0.15) is 0 Å². The summed E-state index contributed by atoms with van der Waals surface area (Å²) in [5, 5.41) is 0.649. The predicted octanol–water partition coefficient (Wildman–Crippen LogP) is 1.05. The molecule has 0 bridgehead atoms. The van der Waals surface area contributed by atoms with Gasteiger partial charge in [-0.05, 0) is 11.3 Å². The molecule has 1 fully saturated rings. The minimum atomic E-state index is 0.649. The van der Waals surface area contributed by atoms with Gasteiger partial charge in [-0.2, -0.15) is 11.8 Å². The number of nitrogens with two attached hydrogens (primary N) is 1. The van der Waals surface area contributed by atoms with Crippen molar-refractivity contribution in [1.82, 2.24) is 14.9 Å². The van der Waals surface area contributed by atoms with Gasteiger partial charge in [0.25, 0.3) is 0 Å². The first-order valence-electron chi connectivity index (χ1n) is 7.35. The fourth-order valence-corrected chi connectivity index (χ4v) is 2.81. The number of piperazine rings is 1. The third kappa shape index (κ3) is 5.08. The lowest BCUT2D eigenvalue weighted by atomic mass is 10.3. The maximum atomic E-state index is 6.07. The number of rotatable bonds is 5. The lowest BCUT2D eigenvalue weighted by molar-refractivity contribution is 0.378. The molecule has 1 aliphatic rings. The van der Waals surface area contributed by atoms with E-state index in [2.05, 4.69) is 38.6 Å². The van der Waals surface area contributed by atoms with Gasteiger partial charge in [0.15, 0.2) is 5.96 Å². The molecule has 0 atom stereocenters. The molecule has 6 nitrogen and oxygen atoms in total. The van der Waals surface area contributed by atoms with Gasteiger partial charge in [-0.15, -0.1) is 0 Å². The van der Waals surface area contributed by atoms with Gasteiger partial charge in [0.05, 0.1) is 6.54 Å². The normalized spacial score (nSPS) is 16.6. The highest BCUT2D eigenvalue weighted by Crippen LogP contribution is 2.10. The molecule has 2 heterocycles. The molecule has 21 heavy (non-hydrogen) atoms. The molecule has 0 radical (unpaired) electrons. The van der Waals surface area contributed by atoms with Gasteiger partial charge in [-0.3, -0.25) is 4.99 Å². The standard InChI is InChI=1S/C14H24N6S/c1-12(2)21-11-6-16-13(15)19-7-9-20(10-8-19)14-17-4-3-5-18-14/h3-5,12H,6-11H2,1-2H3,(H2,15,16). The fraction of sp³-hybridized carbons (Fsp3) is 0.643. The van der Waals surface area contributed by atoms with E-state index in [0.717, 1.165) is 44.4 Å². The van der Waals surface area contributed by atoms with Crippen LogP contribution in [-0.2, 0) is 0 Å². The highest BCUT2D eigenvalue weighted by atomic mass is 32.2. The molecule has 116 valence electrons. The van der Waals surface area contributed by atoms with Crippen LogP contribution in [0.15, 0.2) is 23.5 Å². The Morgan fingerprint density at radius 1 is 1.29 bits per heavy atom. The second-order valence-corrected chi connectivity index (χ2v) is 6.87. The largest absolute Gasteiger partial charge is 0.370 e. The summed E-state index contributed by atoms with van der Waals surface area (Å²) >= 11 is 1.91. The number of thioether (sulfide) groups is 1. The summed E-state index contributed by atoms with van der Waals surface area (Å²) in [5.41, 5.74) is 6.07. The van der Waals surface area contributed by atoms with E-state index in [-0.39, 0.29) is 0 Å². The monoisotopic (exact) mass is 308 g/mol. The van der Waals surface area contributed by atoms with Crippen LogP contribution in [-0.4, -0.2) is 64.6 Å². The van der Waals surface area contributed by atoms with E-state index >= 15 is 0 Å². The van der Waals surface area contributed by atoms with E-state index in [0.29, 0.717) is 11.2 Å². The minimum Gasteiger partial charge on any atom is -0.370 e. The topological polar surface area (TPSA) is 70.6 Å². The van der Waals surface area contributed by atoms with Crippen molar-refractivity contribution in [2.24, 2.45) is 10.7 Å². The molecule has 1 aliphatic heterocycles. The van der Waals surface area contributed by atoms with Gasteiger partial charge < -0.3 is 15.5 Å². The maximum Gasteiger partial charge on any atom is 0.225 e. The smallest absolute Gasteiger partial charge is 0.225 e. The van der Waals surface area contributed by atoms with E-state index in [1.54, 1.807) is 12.4 Å². The van der Waals surface area contributed by atoms with Crippen LogP contribution in [0.4, 0.5) is 5.95 Å². The van der Waals surface area contributed by atoms with Crippen molar-refractivity contribution in [2.45, 2.75) is 19.1 Å². The zero-order chi connectivity index (χ0) is 15.1. The molecule has 2 N–H and O–H groups in total. The van der Waals surface area contributed by atoms with Crippen LogP contribution in [0.1, 0.15) is 13.8 Å². The third-order valence-electron chi connectivity index (χ3n) is 3.25. The lowest BCUT2D eigenvalue weighted by Crippen LogP contribution is -2.51. The van der Waals surface area contributed by atoms with Crippen molar-refractivity contribution in [1.29, 1.82) is 0 Å². The number of aromatic nitrogens is 2. The molecule has 0 amide bonds. The van der Waals surface area contributed by atoms with Crippen molar-refractivity contribution in [2.75, 3.05) is 43.4 Å². The summed E-state index contributed by atoms with van der Waals surface area (Å²) in [4.78, 5) is 17.3. The highest BCUT2D eigenvalue weighted by molar-refractivity contribution is 7.99. The Kier molecular flexibility index (Phi) is 6.10. The van der Waals surface area contributed by atoms with E-state index < -0.39 is 0 Å². The Morgan fingerprint density at radius 2 is 1.95 bits per heavy atom. The van der Waals surface area contributed by atoms with Crippen LogP contribution < -0.4 is 10.6 Å². The zero-order valence-corrected chi connectivity index (χ0v) is 13.6. The lowest BCUT2D eigenvalue weighted by Gasteiger charge is -2.35. The highest BCUT2D eigenvalue weighted by Gasteiger charge is 2.19. The fourth-order valence-electron chi connectivity index (χ4n) is 2.14. The zero-order valence-electron chi connectivity index (χ0n) is 12.8. The predicted molar refractivity (Wildman–Crippen MR) is 89.9 cm³/mol. The van der Waals surface area contributed by atoms with Crippen LogP contribution in [0, 0.1) is 0 Å². The maximum absolute atomic E-state index is 6.07. The van der Waals surface area contributed by atoms with E-state index in [1.807, 2.05) is 17.8 Å². The van der Waals surface area contributed by atoms with Crippen LogP contribution in [0.25, 0.3) is 0 Å².